The molecule has 1 aromatic carbocycles. The van der Waals surface area contributed by atoms with E-state index in [1.165, 1.54) is 0 Å². The molecule has 2 amide bonds. The van der Waals surface area contributed by atoms with E-state index in [0.29, 0.717) is 13.1 Å². The third-order valence-corrected chi connectivity index (χ3v) is 5.16. The van der Waals surface area contributed by atoms with Gasteiger partial charge >= 0.3 is 6.09 Å². The molecule has 6 nitrogen and oxygen atoms in total. The van der Waals surface area contributed by atoms with Crippen LogP contribution in [0, 0.1) is 0 Å². The van der Waals surface area contributed by atoms with Gasteiger partial charge in [-0.25, -0.2) is 4.79 Å². The van der Waals surface area contributed by atoms with Crippen LogP contribution < -0.4 is 4.90 Å². The minimum absolute atomic E-state index is 0.0814. The van der Waals surface area contributed by atoms with E-state index in [0.717, 1.165) is 24.1 Å². The summed E-state index contributed by atoms with van der Waals surface area (Å²) in [5, 5.41) is 0. The predicted octanol–water partition coefficient (Wildman–Crippen LogP) is 2.60. The molecule has 0 spiro atoms. The van der Waals surface area contributed by atoms with Gasteiger partial charge in [0.15, 0.2) is 0 Å². The molecule has 0 N–H and O–H groups in total. The average Bonchev–Trinajstić information content (AvgIpc) is 3.41. The van der Waals surface area contributed by atoms with Crippen molar-refractivity contribution in [2.45, 2.75) is 24.4 Å². The summed E-state index contributed by atoms with van der Waals surface area (Å²) in [5.74, 6) is 0.0814. The molecule has 0 radical (unpaired) electrons. The molecule has 1 atom stereocenters. The van der Waals surface area contributed by atoms with Crippen molar-refractivity contribution in [3.63, 3.8) is 0 Å². The van der Waals surface area contributed by atoms with Crippen molar-refractivity contribution in [2.75, 3.05) is 25.0 Å². The summed E-state index contributed by atoms with van der Waals surface area (Å²) in [4.78, 5) is 32.5. The molecule has 2 aromatic rings. The number of para-hydroxylation sites is 1. The molecule has 1 aliphatic heterocycles. The number of carbonyl (C=O) groups is 2. The second-order valence-electron chi connectivity index (χ2n) is 6.96. The number of amides is 2. The predicted molar refractivity (Wildman–Crippen MR) is 96.8 cm³/mol. The van der Waals surface area contributed by atoms with Crippen molar-refractivity contribution in [1.29, 1.82) is 0 Å². The molecule has 1 saturated carbocycles. The highest BCUT2D eigenvalue weighted by atomic mass is 16.6. The maximum absolute atomic E-state index is 13.0. The Balaban J connectivity index is 1.42. The van der Waals surface area contributed by atoms with Crippen LogP contribution in [0.4, 0.5) is 10.5 Å². The zero-order valence-corrected chi connectivity index (χ0v) is 14.7. The highest BCUT2D eigenvalue weighted by Gasteiger charge is 2.52. The van der Waals surface area contributed by atoms with Gasteiger partial charge in [-0.3, -0.25) is 14.7 Å². The number of cyclic esters (lactones) is 1. The SMILES string of the molecule is CN(CC1CN(c2ccccc2)C(=O)O1)C(=O)C1(c2ccncc2)CC1. The first-order chi connectivity index (χ1) is 12.6. The fourth-order valence-electron chi connectivity index (χ4n) is 3.61. The molecule has 1 aliphatic carbocycles. The van der Waals surface area contributed by atoms with Gasteiger partial charge in [-0.1, -0.05) is 18.2 Å². The van der Waals surface area contributed by atoms with Gasteiger partial charge in [-0.05, 0) is 42.7 Å². The number of rotatable bonds is 5. The third kappa shape index (κ3) is 2.92. The molecule has 1 unspecified atom stereocenters. The van der Waals surface area contributed by atoms with Crippen LogP contribution in [-0.4, -0.2) is 48.1 Å². The van der Waals surface area contributed by atoms with E-state index in [2.05, 4.69) is 4.98 Å². The zero-order chi connectivity index (χ0) is 18.1. The summed E-state index contributed by atoms with van der Waals surface area (Å²) in [7, 11) is 1.78. The van der Waals surface area contributed by atoms with Gasteiger partial charge in [0.25, 0.3) is 0 Å². The fourth-order valence-corrected chi connectivity index (χ4v) is 3.61. The highest BCUT2D eigenvalue weighted by Crippen LogP contribution is 2.49. The van der Waals surface area contributed by atoms with E-state index < -0.39 is 5.41 Å². The Kier molecular flexibility index (Phi) is 4.11. The molecule has 26 heavy (non-hydrogen) atoms. The maximum Gasteiger partial charge on any atom is 0.414 e. The smallest absolute Gasteiger partial charge is 0.414 e. The molecular formula is C20H21N3O3. The molecule has 0 bridgehead atoms. The molecule has 2 aliphatic rings. The normalized spacial score (nSPS) is 20.6. The van der Waals surface area contributed by atoms with E-state index in [1.54, 1.807) is 29.2 Å². The second kappa shape index (κ2) is 6.44. The van der Waals surface area contributed by atoms with Gasteiger partial charge in [-0.2, -0.15) is 0 Å². The zero-order valence-electron chi connectivity index (χ0n) is 14.7. The number of pyridine rings is 1. The Labute approximate surface area is 152 Å². The number of aromatic nitrogens is 1. The van der Waals surface area contributed by atoms with Crippen LogP contribution in [0.2, 0.25) is 0 Å². The molecule has 2 fully saturated rings. The monoisotopic (exact) mass is 351 g/mol. The number of carbonyl (C=O) groups excluding carboxylic acids is 2. The van der Waals surface area contributed by atoms with Crippen LogP contribution in [0.5, 0.6) is 0 Å². The summed E-state index contributed by atoms with van der Waals surface area (Å²) in [6, 6.07) is 13.2. The van der Waals surface area contributed by atoms with Crippen molar-refractivity contribution in [2.24, 2.45) is 0 Å². The van der Waals surface area contributed by atoms with Gasteiger partial charge < -0.3 is 9.64 Å². The Hall–Kier alpha value is -2.89. The number of hydrogen-bond donors (Lipinski definition) is 0. The van der Waals surface area contributed by atoms with Gasteiger partial charge in [-0.15, -0.1) is 0 Å². The van der Waals surface area contributed by atoms with E-state index in [-0.39, 0.29) is 18.1 Å². The van der Waals surface area contributed by atoms with Crippen molar-refractivity contribution < 1.29 is 14.3 Å². The second-order valence-corrected chi connectivity index (χ2v) is 6.96. The Morgan fingerprint density at radius 2 is 1.92 bits per heavy atom. The van der Waals surface area contributed by atoms with Gasteiger partial charge in [0.2, 0.25) is 5.91 Å². The molecule has 4 rings (SSSR count). The number of likely N-dealkylation sites (N-methyl/N-ethyl adjacent to an activating group) is 1. The lowest BCUT2D eigenvalue weighted by Gasteiger charge is -2.25. The lowest BCUT2D eigenvalue weighted by Crippen LogP contribution is -2.41. The van der Waals surface area contributed by atoms with Crippen molar-refractivity contribution in [3.05, 3.63) is 60.4 Å². The number of nitrogens with zero attached hydrogens (tertiary/aromatic N) is 3. The standard InChI is InChI=1S/C20H21N3O3/c1-22(18(24)20(9-10-20)15-7-11-21-12-8-15)13-17-14-23(19(25)26-17)16-5-3-2-4-6-16/h2-8,11-12,17H,9-10,13-14H2,1H3. The molecule has 6 heteroatoms. The first kappa shape index (κ1) is 16.6. The van der Waals surface area contributed by atoms with E-state index >= 15 is 0 Å². The lowest BCUT2D eigenvalue weighted by molar-refractivity contribution is -0.133. The largest absolute Gasteiger partial charge is 0.442 e. The number of benzene rings is 1. The highest BCUT2D eigenvalue weighted by molar-refractivity contribution is 5.92. The molecule has 134 valence electrons. The molecule has 1 saturated heterocycles. The average molecular weight is 351 g/mol. The maximum atomic E-state index is 13.0. The van der Waals surface area contributed by atoms with Crippen molar-refractivity contribution in [1.82, 2.24) is 9.88 Å². The number of hydrogen-bond acceptors (Lipinski definition) is 4. The molecule has 2 heterocycles. The fraction of sp³-hybridized carbons (Fsp3) is 0.350. The summed E-state index contributed by atoms with van der Waals surface area (Å²) >= 11 is 0. The van der Waals surface area contributed by atoms with Crippen LogP contribution in [0.15, 0.2) is 54.9 Å². The van der Waals surface area contributed by atoms with E-state index in [1.807, 2.05) is 42.5 Å². The third-order valence-electron chi connectivity index (χ3n) is 5.16. The van der Waals surface area contributed by atoms with Crippen LogP contribution in [0.1, 0.15) is 18.4 Å². The lowest BCUT2D eigenvalue weighted by atomic mass is 9.95. The Morgan fingerprint density at radius 1 is 1.23 bits per heavy atom. The number of ether oxygens (including phenoxy) is 1. The van der Waals surface area contributed by atoms with Crippen LogP contribution >= 0.6 is 0 Å². The topological polar surface area (TPSA) is 62.7 Å². The van der Waals surface area contributed by atoms with Crippen LogP contribution in [0.25, 0.3) is 0 Å². The van der Waals surface area contributed by atoms with Crippen LogP contribution in [0.3, 0.4) is 0 Å². The Bertz CT molecular complexity index is 806. The quantitative estimate of drug-likeness (QED) is 0.831. The minimum atomic E-state index is -0.431. The Morgan fingerprint density at radius 3 is 2.58 bits per heavy atom. The van der Waals surface area contributed by atoms with E-state index in [4.69, 9.17) is 4.74 Å². The summed E-state index contributed by atoms with van der Waals surface area (Å²) in [5.41, 5.74) is 1.39. The summed E-state index contributed by atoms with van der Waals surface area (Å²) in [6.07, 6.45) is 4.45. The van der Waals surface area contributed by atoms with Crippen LogP contribution in [-0.2, 0) is 14.9 Å². The van der Waals surface area contributed by atoms with Gasteiger partial charge in [0, 0.05) is 25.1 Å². The van der Waals surface area contributed by atoms with Crippen molar-refractivity contribution >= 4 is 17.7 Å². The van der Waals surface area contributed by atoms with E-state index in [9.17, 15) is 9.59 Å². The summed E-state index contributed by atoms with van der Waals surface area (Å²) in [6.45, 7) is 0.837. The van der Waals surface area contributed by atoms with Crippen molar-refractivity contribution in [3.8, 4) is 0 Å². The molecule has 1 aromatic heterocycles. The van der Waals surface area contributed by atoms with Gasteiger partial charge in [0.05, 0.1) is 18.5 Å². The first-order valence-electron chi connectivity index (χ1n) is 8.79. The molecular weight excluding hydrogens is 330 g/mol. The minimum Gasteiger partial charge on any atom is -0.442 e. The summed E-state index contributed by atoms with van der Waals surface area (Å²) < 4.78 is 5.47. The number of anilines is 1. The van der Waals surface area contributed by atoms with Gasteiger partial charge in [0.1, 0.15) is 6.10 Å². The first-order valence-corrected chi connectivity index (χ1v) is 8.79.